The van der Waals surface area contributed by atoms with E-state index < -0.39 is 0 Å². The van der Waals surface area contributed by atoms with Crippen LogP contribution in [0.15, 0.2) is 5.38 Å². The van der Waals surface area contributed by atoms with Gasteiger partial charge in [0.2, 0.25) is 5.28 Å². The molecule has 24 heavy (non-hydrogen) atoms. The smallest absolute Gasteiger partial charge is 0.224 e. The molecule has 0 bridgehead atoms. The molecule has 3 fully saturated rings. The van der Waals surface area contributed by atoms with Gasteiger partial charge in [-0.1, -0.05) is 0 Å². The van der Waals surface area contributed by atoms with Gasteiger partial charge in [0.25, 0.3) is 0 Å². The van der Waals surface area contributed by atoms with Crippen molar-refractivity contribution in [3.8, 4) is 0 Å². The Morgan fingerprint density at radius 2 is 2.17 bits per heavy atom. The zero-order valence-corrected chi connectivity index (χ0v) is 15.3. The molecule has 3 aliphatic rings. The first-order valence-corrected chi connectivity index (χ1v) is 9.95. The maximum atomic E-state index is 6.28. The Kier molecular flexibility index (Phi) is 3.70. The van der Waals surface area contributed by atoms with Gasteiger partial charge in [-0.25, -0.2) is 4.98 Å². The number of nitrogens with zero attached hydrogens (tertiary/aromatic N) is 4. The van der Waals surface area contributed by atoms with Crippen LogP contribution < -0.4 is 4.90 Å². The highest BCUT2D eigenvalue weighted by atomic mass is 35.5. The van der Waals surface area contributed by atoms with E-state index in [9.17, 15) is 0 Å². The van der Waals surface area contributed by atoms with Gasteiger partial charge in [0, 0.05) is 31.7 Å². The summed E-state index contributed by atoms with van der Waals surface area (Å²) in [6.45, 7) is 7.97. The first kappa shape index (κ1) is 15.3. The molecule has 5 rings (SSSR count). The van der Waals surface area contributed by atoms with Crippen LogP contribution in [0.2, 0.25) is 5.28 Å². The van der Waals surface area contributed by atoms with Crippen LogP contribution in [-0.2, 0) is 11.3 Å². The van der Waals surface area contributed by atoms with Gasteiger partial charge in [0.05, 0.1) is 29.5 Å². The summed E-state index contributed by atoms with van der Waals surface area (Å²) in [6, 6.07) is 0.309. The van der Waals surface area contributed by atoms with Crippen LogP contribution in [0.1, 0.15) is 18.9 Å². The summed E-state index contributed by atoms with van der Waals surface area (Å²) in [4.78, 5) is 14.0. The molecular formula is C17H21ClN4OS. The highest BCUT2D eigenvalue weighted by molar-refractivity contribution is 7.18. The highest BCUT2D eigenvalue weighted by Gasteiger charge is 2.44. The number of morpholine rings is 1. The second-order valence-electron chi connectivity index (χ2n) is 7.32. The summed E-state index contributed by atoms with van der Waals surface area (Å²) in [7, 11) is 0. The lowest BCUT2D eigenvalue weighted by molar-refractivity contribution is 0.0987. The SMILES string of the molecule is C[C@@H]1COCCN1c1nc(Cl)nc2c(CN3CC4CC4C3)csc12. The minimum atomic E-state index is 0.309. The van der Waals surface area contributed by atoms with Gasteiger partial charge in [-0.3, -0.25) is 4.90 Å². The molecule has 1 saturated carbocycles. The second kappa shape index (κ2) is 5.80. The zero-order valence-electron chi connectivity index (χ0n) is 13.7. The standard InChI is InChI=1S/C17H21ClN4OS/c1-10-8-23-3-2-22(10)16-15-14(19-17(18)20-16)13(9-24-15)7-21-5-11-4-12(11)6-21/h9-12H,2-8H2,1H3/t10-,11?,12?/m1/s1. The number of ether oxygens (including phenoxy) is 1. The van der Waals surface area contributed by atoms with E-state index in [0.29, 0.717) is 11.3 Å². The molecule has 128 valence electrons. The summed E-state index contributed by atoms with van der Waals surface area (Å²) in [5.41, 5.74) is 2.33. The monoisotopic (exact) mass is 364 g/mol. The molecule has 0 aromatic carbocycles. The highest BCUT2D eigenvalue weighted by Crippen LogP contribution is 2.45. The molecule has 0 spiro atoms. The Labute approximate surface area is 150 Å². The van der Waals surface area contributed by atoms with Crippen molar-refractivity contribution in [2.75, 3.05) is 37.7 Å². The van der Waals surface area contributed by atoms with Crippen molar-refractivity contribution in [3.63, 3.8) is 0 Å². The Morgan fingerprint density at radius 3 is 2.96 bits per heavy atom. The number of piperidine rings is 1. The third kappa shape index (κ3) is 2.60. The van der Waals surface area contributed by atoms with Gasteiger partial charge in [0.15, 0.2) is 5.82 Å². The van der Waals surface area contributed by atoms with Crippen LogP contribution in [0.5, 0.6) is 0 Å². The van der Waals surface area contributed by atoms with Crippen molar-refractivity contribution in [2.24, 2.45) is 11.8 Å². The van der Waals surface area contributed by atoms with Crippen molar-refractivity contribution in [3.05, 3.63) is 16.2 Å². The average Bonchev–Trinajstić information content (AvgIpc) is 2.99. The number of fused-ring (bicyclic) bond motifs is 2. The molecule has 1 aliphatic carbocycles. The van der Waals surface area contributed by atoms with Crippen molar-refractivity contribution < 1.29 is 4.74 Å². The molecule has 0 N–H and O–H groups in total. The van der Waals surface area contributed by atoms with E-state index in [1.165, 1.54) is 25.1 Å². The lowest BCUT2D eigenvalue weighted by Gasteiger charge is -2.34. The number of anilines is 1. The Bertz CT molecular complexity index is 771. The third-order valence-electron chi connectivity index (χ3n) is 5.53. The Hall–Kier alpha value is -0.950. The van der Waals surface area contributed by atoms with E-state index in [2.05, 4.69) is 32.1 Å². The molecule has 0 amide bonds. The fraction of sp³-hybridized carbons (Fsp3) is 0.647. The van der Waals surface area contributed by atoms with Crippen LogP contribution in [0, 0.1) is 11.8 Å². The number of hydrogen-bond donors (Lipinski definition) is 0. The number of rotatable bonds is 3. The molecule has 2 aromatic rings. The third-order valence-corrected chi connectivity index (χ3v) is 6.71. The van der Waals surface area contributed by atoms with Crippen LogP contribution >= 0.6 is 22.9 Å². The van der Waals surface area contributed by atoms with Crippen molar-refractivity contribution in [2.45, 2.75) is 25.9 Å². The molecule has 2 saturated heterocycles. The van der Waals surface area contributed by atoms with Gasteiger partial charge in [-0.15, -0.1) is 11.3 Å². The van der Waals surface area contributed by atoms with Crippen LogP contribution in [0.3, 0.4) is 0 Å². The van der Waals surface area contributed by atoms with Gasteiger partial charge in [-0.2, -0.15) is 4.98 Å². The van der Waals surface area contributed by atoms with E-state index in [4.69, 9.17) is 16.3 Å². The Balaban J connectivity index is 1.49. The molecular weight excluding hydrogens is 344 g/mol. The van der Waals surface area contributed by atoms with Crippen molar-refractivity contribution >= 4 is 39.0 Å². The molecule has 7 heteroatoms. The number of hydrogen-bond acceptors (Lipinski definition) is 6. The maximum Gasteiger partial charge on any atom is 0.224 e. The molecule has 5 nitrogen and oxygen atoms in total. The predicted molar refractivity (Wildman–Crippen MR) is 96.9 cm³/mol. The lowest BCUT2D eigenvalue weighted by atomic mass is 10.2. The van der Waals surface area contributed by atoms with Gasteiger partial charge in [0.1, 0.15) is 0 Å². The van der Waals surface area contributed by atoms with Gasteiger partial charge < -0.3 is 9.64 Å². The van der Waals surface area contributed by atoms with E-state index in [1.807, 2.05) is 0 Å². The summed E-state index contributed by atoms with van der Waals surface area (Å²) in [6.07, 6.45) is 1.44. The fourth-order valence-electron chi connectivity index (χ4n) is 4.14. The minimum absolute atomic E-state index is 0.309. The van der Waals surface area contributed by atoms with Crippen molar-refractivity contribution in [1.29, 1.82) is 0 Å². The van der Waals surface area contributed by atoms with E-state index in [1.54, 1.807) is 11.3 Å². The lowest BCUT2D eigenvalue weighted by Crippen LogP contribution is -2.44. The molecule has 4 heterocycles. The molecule has 0 radical (unpaired) electrons. The van der Waals surface area contributed by atoms with Gasteiger partial charge >= 0.3 is 0 Å². The average molecular weight is 365 g/mol. The number of aromatic nitrogens is 2. The molecule has 3 atom stereocenters. The van der Waals surface area contributed by atoms with E-state index >= 15 is 0 Å². The second-order valence-corrected chi connectivity index (χ2v) is 8.54. The zero-order chi connectivity index (χ0) is 16.3. The number of halogens is 1. The quantitative estimate of drug-likeness (QED) is 0.783. The molecule has 2 aliphatic heterocycles. The molecule has 2 unspecified atom stereocenters. The normalized spacial score (nSPS) is 30.1. The van der Waals surface area contributed by atoms with Gasteiger partial charge in [-0.05, 0) is 42.2 Å². The molecule has 2 aromatic heterocycles. The number of thiophene rings is 1. The fourth-order valence-corrected chi connectivity index (χ4v) is 5.31. The predicted octanol–water partition coefficient (Wildman–Crippen LogP) is 3.02. The number of likely N-dealkylation sites (tertiary alicyclic amines) is 1. The summed E-state index contributed by atoms with van der Waals surface area (Å²) >= 11 is 8.02. The van der Waals surface area contributed by atoms with Crippen LogP contribution in [0.4, 0.5) is 5.82 Å². The van der Waals surface area contributed by atoms with E-state index in [0.717, 1.165) is 54.2 Å². The van der Waals surface area contributed by atoms with Crippen LogP contribution in [-0.4, -0.2) is 53.8 Å². The van der Waals surface area contributed by atoms with Crippen LogP contribution in [0.25, 0.3) is 10.2 Å². The largest absolute Gasteiger partial charge is 0.377 e. The topological polar surface area (TPSA) is 41.5 Å². The first-order chi connectivity index (χ1) is 11.7. The minimum Gasteiger partial charge on any atom is -0.377 e. The van der Waals surface area contributed by atoms with Crippen molar-refractivity contribution in [1.82, 2.24) is 14.9 Å². The summed E-state index contributed by atoms with van der Waals surface area (Å²) in [5, 5.41) is 2.59. The first-order valence-electron chi connectivity index (χ1n) is 8.69. The Morgan fingerprint density at radius 1 is 1.33 bits per heavy atom. The maximum absolute atomic E-state index is 6.28. The van der Waals surface area contributed by atoms with E-state index in [-0.39, 0.29) is 0 Å². The summed E-state index contributed by atoms with van der Waals surface area (Å²) in [5.74, 6) is 2.89. The summed E-state index contributed by atoms with van der Waals surface area (Å²) < 4.78 is 6.72.